The molecule has 2 aromatic heterocycles. The molecule has 3 aromatic carbocycles. The number of benzene rings is 3. The summed E-state index contributed by atoms with van der Waals surface area (Å²) in [5.41, 5.74) is 1.03. The van der Waals surface area contributed by atoms with E-state index in [0.29, 0.717) is 51.0 Å². The molecular formula is C35H33ClFN5O6. The van der Waals surface area contributed by atoms with Gasteiger partial charge in [-0.3, -0.25) is 19.5 Å². The maximum absolute atomic E-state index is 15.5. The Balaban J connectivity index is 1.19. The summed E-state index contributed by atoms with van der Waals surface area (Å²) in [6.45, 7) is 6.35. The molecule has 11 nitrogen and oxygen atoms in total. The number of aryl methyl sites for hydroxylation is 1. The molecule has 248 valence electrons. The van der Waals surface area contributed by atoms with Crippen LogP contribution in [0, 0.1) is 12.7 Å². The SMILES string of the molecule is COc1cc2c(Oc3ccc(-n4nc(C(=O)Nc5ccc(Cl)cc5)c(C)cc4=O)cc3F)ccnc2cc1OCCCN1CCOCC1. The van der Waals surface area contributed by atoms with Crippen molar-refractivity contribution in [1.82, 2.24) is 19.7 Å². The number of hydrogen-bond acceptors (Lipinski definition) is 9. The molecule has 13 heteroatoms. The van der Waals surface area contributed by atoms with Gasteiger partial charge in [0, 0.05) is 60.1 Å². The summed E-state index contributed by atoms with van der Waals surface area (Å²) < 4.78 is 39.5. The smallest absolute Gasteiger partial charge is 0.276 e. The Morgan fingerprint density at radius 3 is 2.54 bits per heavy atom. The lowest BCUT2D eigenvalue weighted by molar-refractivity contribution is 0.0357. The Hall–Kier alpha value is -5.04. The van der Waals surface area contributed by atoms with Crippen LogP contribution in [-0.4, -0.2) is 72.1 Å². The van der Waals surface area contributed by atoms with Crippen molar-refractivity contribution in [2.24, 2.45) is 0 Å². The van der Waals surface area contributed by atoms with Crippen molar-refractivity contribution in [2.75, 3.05) is 51.9 Å². The second-order valence-corrected chi connectivity index (χ2v) is 11.5. The highest BCUT2D eigenvalue weighted by atomic mass is 35.5. The Kier molecular flexibility index (Phi) is 10.1. The van der Waals surface area contributed by atoms with Crippen LogP contribution < -0.4 is 25.1 Å². The number of rotatable bonds is 11. The first-order chi connectivity index (χ1) is 23.3. The molecule has 0 unspecified atom stereocenters. The van der Waals surface area contributed by atoms with E-state index in [4.69, 9.17) is 30.5 Å². The van der Waals surface area contributed by atoms with Crippen LogP contribution in [0.15, 0.2) is 77.7 Å². The number of methoxy groups -OCH3 is 1. The van der Waals surface area contributed by atoms with E-state index in [9.17, 15) is 9.59 Å². The summed E-state index contributed by atoms with van der Waals surface area (Å²) >= 11 is 5.93. The van der Waals surface area contributed by atoms with Gasteiger partial charge < -0.3 is 24.3 Å². The highest BCUT2D eigenvalue weighted by Crippen LogP contribution is 2.37. The number of hydrogen-bond donors (Lipinski definition) is 1. The first kappa shape index (κ1) is 32.9. The molecule has 0 radical (unpaired) electrons. The lowest BCUT2D eigenvalue weighted by Gasteiger charge is -2.26. The van der Waals surface area contributed by atoms with Crippen molar-refractivity contribution in [3.8, 4) is 28.7 Å². The molecule has 0 spiro atoms. The van der Waals surface area contributed by atoms with Crippen LogP contribution in [0.5, 0.6) is 23.0 Å². The number of carbonyl (C=O) groups is 1. The van der Waals surface area contributed by atoms with Gasteiger partial charge in [0.15, 0.2) is 28.8 Å². The molecule has 0 bridgehead atoms. The Labute approximate surface area is 280 Å². The van der Waals surface area contributed by atoms with Gasteiger partial charge in [0.1, 0.15) is 5.75 Å². The number of amides is 1. The molecule has 1 aliphatic rings. The van der Waals surface area contributed by atoms with Gasteiger partial charge in [0.25, 0.3) is 11.5 Å². The number of anilines is 1. The predicted molar refractivity (Wildman–Crippen MR) is 180 cm³/mol. The standard InChI is InChI=1S/C35H33ClFN5O6/c1-22-18-33(43)42(40-34(22)35(44)39-24-6-4-23(36)5-7-24)25-8-9-30(27(37)19-25)48-29-10-11-38-28-21-32(31(45-2)20-26(28)29)47-15-3-12-41-13-16-46-17-14-41/h4-11,18-21H,3,12-17H2,1-2H3,(H,39,44). The fourth-order valence-corrected chi connectivity index (χ4v) is 5.41. The Morgan fingerprint density at radius 1 is 1.00 bits per heavy atom. The van der Waals surface area contributed by atoms with Gasteiger partial charge in [0.05, 0.1) is 38.1 Å². The summed E-state index contributed by atoms with van der Waals surface area (Å²) in [7, 11) is 1.55. The molecular weight excluding hydrogens is 641 g/mol. The van der Waals surface area contributed by atoms with E-state index >= 15 is 4.39 Å². The van der Waals surface area contributed by atoms with E-state index in [2.05, 4.69) is 20.3 Å². The average molecular weight is 674 g/mol. The molecule has 0 saturated carbocycles. The van der Waals surface area contributed by atoms with Crippen LogP contribution in [-0.2, 0) is 4.74 Å². The zero-order chi connectivity index (χ0) is 33.6. The Bertz CT molecular complexity index is 2000. The highest BCUT2D eigenvalue weighted by molar-refractivity contribution is 6.30. The number of ether oxygens (including phenoxy) is 4. The predicted octanol–water partition coefficient (Wildman–Crippen LogP) is 6.04. The molecule has 5 aromatic rings. The van der Waals surface area contributed by atoms with Crippen LogP contribution >= 0.6 is 11.6 Å². The third kappa shape index (κ3) is 7.57. The van der Waals surface area contributed by atoms with E-state index in [0.717, 1.165) is 50.0 Å². The van der Waals surface area contributed by atoms with Crippen molar-refractivity contribution in [3.63, 3.8) is 0 Å². The van der Waals surface area contributed by atoms with Crippen molar-refractivity contribution in [3.05, 3.63) is 105 Å². The molecule has 3 heterocycles. The summed E-state index contributed by atoms with van der Waals surface area (Å²) in [6, 6.07) is 16.9. The van der Waals surface area contributed by atoms with E-state index < -0.39 is 17.3 Å². The second-order valence-electron chi connectivity index (χ2n) is 11.1. The minimum Gasteiger partial charge on any atom is -0.493 e. The zero-order valence-corrected chi connectivity index (χ0v) is 27.1. The van der Waals surface area contributed by atoms with Gasteiger partial charge in [-0.1, -0.05) is 11.6 Å². The molecule has 6 rings (SSSR count). The fourth-order valence-electron chi connectivity index (χ4n) is 5.28. The van der Waals surface area contributed by atoms with Crippen LogP contribution in [0.4, 0.5) is 10.1 Å². The maximum Gasteiger partial charge on any atom is 0.276 e. The number of nitrogens with zero attached hydrogens (tertiary/aromatic N) is 4. The third-order valence-corrected chi connectivity index (χ3v) is 8.04. The monoisotopic (exact) mass is 673 g/mol. The minimum absolute atomic E-state index is 0.00272. The third-order valence-electron chi connectivity index (χ3n) is 7.79. The summed E-state index contributed by atoms with van der Waals surface area (Å²) in [4.78, 5) is 32.6. The topological polar surface area (TPSA) is 117 Å². The fraction of sp³-hybridized carbons (Fsp3) is 0.257. The maximum atomic E-state index is 15.5. The van der Waals surface area contributed by atoms with Gasteiger partial charge in [-0.25, -0.2) is 4.39 Å². The van der Waals surface area contributed by atoms with Gasteiger partial charge in [-0.05, 0) is 67.4 Å². The van der Waals surface area contributed by atoms with Crippen molar-refractivity contribution in [2.45, 2.75) is 13.3 Å². The molecule has 0 aliphatic carbocycles. The molecule has 1 amide bonds. The number of fused-ring (bicyclic) bond motifs is 1. The number of carbonyl (C=O) groups excluding carboxylic acids is 1. The highest BCUT2D eigenvalue weighted by Gasteiger charge is 2.18. The second kappa shape index (κ2) is 14.8. The van der Waals surface area contributed by atoms with E-state index in [1.807, 2.05) is 0 Å². The number of nitrogens with one attached hydrogen (secondary N) is 1. The van der Waals surface area contributed by atoms with Crippen LogP contribution in [0.25, 0.3) is 16.6 Å². The Morgan fingerprint density at radius 2 is 1.79 bits per heavy atom. The molecule has 1 N–H and O–H groups in total. The van der Waals surface area contributed by atoms with Crippen molar-refractivity contribution < 1.29 is 28.1 Å². The first-order valence-electron chi connectivity index (χ1n) is 15.3. The molecule has 1 saturated heterocycles. The lowest BCUT2D eigenvalue weighted by atomic mass is 10.1. The van der Waals surface area contributed by atoms with Crippen LogP contribution in [0.1, 0.15) is 22.5 Å². The summed E-state index contributed by atoms with van der Waals surface area (Å²) in [5.74, 6) is 0.00874. The number of morpholine rings is 1. The summed E-state index contributed by atoms with van der Waals surface area (Å²) in [5, 5.41) is 8.08. The first-order valence-corrected chi connectivity index (χ1v) is 15.7. The van der Waals surface area contributed by atoms with Crippen LogP contribution in [0.2, 0.25) is 5.02 Å². The van der Waals surface area contributed by atoms with Crippen LogP contribution in [0.3, 0.4) is 0 Å². The molecule has 48 heavy (non-hydrogen) atoms. The lowest BCUT2D eigenvalue weighted by Crippen LogP contribution is -2.37. The molecule has 1 fully saturated rings. The van der Waals surface area contributed by atoms with E-state index in [1.54, 1.807) is 62.7 Å². The minimum atomic E-state index is -0.744. The van der Waals surface area contributed by atoms with Gasteiger partial charge in [-0.2, -0.15) is 9.78 Å². The molecule has 1 aliphatic heterocycles. The molecule has 0 atom stereocenters. The number of halogens is 2. The van der Waals surface area contributed by atoms with Gasteiger partial charge >= 0.3 is 0 Å². The van der Waals surface area contributed by atoms with Crippen molar-refractivity contribution >= 4 is 34.1 Å². The normalized spacial score (nSPS) is 13.3. The van der Waals surface area contributed by atoms with E-state index in [1.165, 1.54) is 18.2 Å². The zero-order valence-electron chi connectivity index (χ0n) is 26.4. The number of pyridine rings is 1. The number of aromatic nitrogens is 3. The van der Waals surface area contributed by atoms with Gasteiger partial charge in [0.2, 0.25) is 0 Å². The average Bonchev–Trinajstić information content (AvgIpc) is 3.09. The largest absolute Gasteiger partial charge is 0.493 e. The quantitative estimate of drug-likeness (QED) is 0.168. The van der Waals surface area contributed by atoms with Crippen molar-refractivity contribution in [1.29, 1.82) is 0 Å². The summed E-state index contributed by atoms with van der Waals surface area (Å²) in [6.07, 6.45) is 2.40. The van der Waals surface area contributed by atoms with E-state index in [-0.39, 0.29) is 17.1 Å². The van der Waals surface area contributed by atoms with Gasteiger partial charge in [-0.15, -0.1) is 0 Å².